The minimum atomic E-state index is -3.26. The molecule has 1 saturated heterocycles. The van der Waals surface area contributed by atoms with Gasteiger partial charge in [-0.2, -0.15) is 0 Å². The number of rotatable bonds is 5. The highest BCUT2D eigenvalue weighted by Gasteiger charge is 2.21. The molecule has 0 radical (unpaired) electrons. The van der Waals surface area contributed by atoms with Crippen molar-refractivity contribution in [3.05, 3.63) is 29.8 Å². The van der Waals surface area contributed by atoms with Crippen LogP contribution < -0.4 is 9.62 Å². The zero-order valence-corrected chi connectivity index (χ0v) is 13.0. The van der Waals surface area contributed by atoms with Gasteiger partial charge in [0.05, 0.1) is 11.4 Å². The minimum Gasteiger partial charge on any atom is -0.314 e. The third kappa shape index (κ3) is 3.71. The first kappa shape index (κ1) is 15.3. The molecule has 1 heterocycles. The Morgan fingerprint density at radius 2 is 1.90 bits per heavy atom. The molecule has 0 aliphatic carbocycles. The van der Waals surface area contributed by atoms with Crippen LogP contribution in [0.15, 0.2) is 24.3 Å². The standard InChI is InChI=1S/C14H23N3O2S/c1-13-5-3-4-6-14(13)16(2)20(18,19)12-11-17-9-7-15-8-10-17/h3-6,15H,7-12H2,1-2H3. The van der Waals surface area contributed by atoms with Gasteiger partial charge in [0.2, 0.25) is 10.0 Å². The third-order valence-electron chi connectivity index (χ3n) is 3.75. The van der Waals surface area contributed by atoms with E-state index in [1.165, 1.54) is 4.31 Å². The Morgan fingerprint density at radius 1 is 1.25 bits per heavy atom. The van der Waals surface area contributed by atoms with E-state index in [1.54, 1.807) is 7.05 Å². The summed E-state index contributed by atoms with van der Waals surface area (Å²) < 4.78 is 26.2. The van der Waals surface area contributed by atoms with Crippen molar-refractivity contribution in [2.45, 2.75) is 6.92 Å². The topological polar surface area (TPSA) is 52.7 Å². The van der Waals surface area contributed by atoms with Crippen LogP contribution in [0.25, 0.3) is 0 Å². The molecule has 1 aliphatic rings. The molecular formula is C14H23N3O2S. The van der Waals surface area contributed by atoms with Crippen molar-refractivity contribution < 1.29 is 8.42 Å². The van der Waals surface area contributed by atoms with Gasteiger partial charge in [0.1, 0.15) is 0 Å². The van der Waals surface area contributed by atoms with Crippen molar-refractivity contribution >= 4 is 15.7 Å². The Bertz CT molecular complexity index is 539. The van der Waals surface area contributed by atoms with Gasteiger partial charge in [-0.3, -0.25) is 9.21 Å². The number of sulfonamides is 1. The summed E-state index contributed by atoms with van der Waals surface area (Å²) in [6, 6.07) is 7.56. The molecule has 0 saturated carbocycles. The lowest BCUT2D eigenvalue weighted by Gasteiger charge is -2.28. The Labute approximate surface area is 121 Å². The van der Waals surface area contributed by atoms with E-state index in [4.69, 9.17) is 0 Å². The monoisotopic (exact) mass is 297 g/mol. The molecule has 0 unspecified atom stereocenters. The first-order valence-corrected chi connectivity index (χ1v) is 8.57. The van der Waals surface area contributed by atoms with Gasteiger partial charge in [-0.15, -0.1) is 0 Å². The third-order valence-corrected chi connectivity index (χ3v) is 5.48. The van der Waals surface area contributed by atoms with Gasteiger partial charge in [-0.25, -0.2) is 8.42 Å². The van der Waals surface area contributed by atoms with Crippen molar-refractivity contribution in [2.24, 2.45) is 0 Å². The van der Waals surface area contributed by atoms with Gasteiger partial charge in [0.25, 0.3) is 0 Å². The average Bonchev–Trinajstić information content (AvgIpc) is 2.46. The molecule has 0 spiro atoms. The quantitative estimate of drug-likeness (QED) is 0.868. The molecule has 1 aromatic carbocycles. The van der Waals surface area contributed by atoms with Crippen LogP contribution in [-0.2, 0) is 10.0 Å². The van der Waals surface area contributed by atoms with Crippen molar-refractivity contribution in [3.8, 4) is 0 Å². The summed E-state index contributed by atoms with van der Waals surface area (Å²) in [6.45, 7) is 6.24. The fourth-order valence-corrected chi connectivity index (χ4v) is 3.65. The second kappa shape index (κ2) is 6.56. The first-order chi connectivity index (χ1) is 9.50. The maximum atomic E-state index is 12.4. The van der Waals surface area contributed by atoms with Gasteiger partial charge in [-0.1, -0.05) is 18.2 Å². The second-order valence-corrected chi connectivity index (χ2v) is 7.28. The lowest BCUT2D eigenvalue weighted by atomic mass is 10.2. The summed E-state index contributed by atoms with van der Waals surface area (Å²) in [4.78, 5) is 2.19. The Kier molecular flexibility index (Phi) is 5.01. The van der Waals surface area contributed by atoms with Gasteiger partial charge in [-0.05, 0) is 18.6 Å². The SMILES string of the molecule is Cc1ccccc1N(C)S(=O)(=O)CCN1CCNCC1. The molecule has 0 bridgehead atoms. The van der Waals surface area contributed by atoms with Crippen molar-refractivity contribution in [2.75, 3.05) is 49.8 Å². The average molecular weight is 297 g/mol. The fraction of sp³-hybridized carbons (Fsp3) is 0.571. The number of aryl methyl sites for hydroxylation is 1. The van der Waals surface area contributed by atoms with Crippen molar-refractivity contribution in [1.82, 2.24) is 10.2 Å². The van der Waals surface area contributed by atoms with Crippen LogP contribution >= 0.6 is 0 Å². The minimum absolute atomic E-state index is 0.165. The molecule has 1 fully saturated rings. The van der Waals surface area contributed by atoms with Crippen LogP contribution in [0.5, 0.6) is 0 Å². The smallest absolute Gasteiger partial charge is 0.236 e. The summed E-state index contributed by atoms with van der Waals surface area (Å²) in [5.74, 6) is 0.165. The second-order valence-electron chi connectivity index (χ2n) is 5.16. The van der Waals surface area contributed by atoms with Crippen LogP contribution in [0.4, 0.5) is 5.69 Å². The van der Waals surface area contributed by atoms with E-state index in [-0.39, 0.29) is 5.75 Å². The van der Waals surface area contributed by atoms with Gasteiger partial charge in [0, 0.05) is 39.8 Å². The zero-order valence-electron chi connectivity index (χ0n) is 12.2. The molecule has 2 rings (SSSR count). The summed E-state index contributed by atoms with van der Waals surface area (Å²) in [7, 11) is -1.63. The Balaban J connectivity index is 2.00. The molecule has 0 atom stereocenters. The van der Waals surface area contributed by atoms with Crippen molar-refractivity contribution in [1.29, 1.82) is 0 Å². The number of benzene rings is 1. The number of nitrogens with one attached hydrogen (secondary N) is 1. The normalized spacial score (nSPS) is 17.1. The highest BCUT2D eigenvalue weighted by atomic mass is 32.2. The van der Waals surface area contributed by atoms with Crippen LogP contribution in [0.1, 0.15) is 5.56 Å². The fourth-order valence-electron chi connectivity index (χ4n) is 2.38. The number of nitrogens with zero attached hydrogens (tertiary/aromatic N) is 2. The number of anilines is 1. The molecule has 0 aromatic heterocycles. The number of hydrogen-bond donors (Lipinski definition) is 1. The summed E-state index contributed by atoms with van der Waals surface area (Å²) >= 11 is 0. The molecule has 112 valence electrons. The van der Waals surface area contributed by atoms with Crippen molar-refractivity contribution in [3.63, 3.8) is 0 Å². The van der Waals surface area contributed by atoms with Gasteiger partial charge < -0.3 is 5.32 Å². The van der Waals surface area contributed by atoms with E-state index < -0.39 is 10.0 Å². The van der Waals surface area contributed by atoms with Gasteiger partial charge in [0.15, 0.2) is 0 Å². The summed E-state index contributed by atoms with van der Waals surface area (Å²) in [6.07, 6.45) is 0. The van der Waals surface area contributed by atoms with Gasteiger partial charge >= 0.3 is 0 Å². The van der Waals surface area contributed by atoms with E-state index in [0.717, 1.165) is 37.4 Å². The maximum absolute atomic E-state index is 12.4. The molecule has 1 N–H and O–H groups in total. The molecular weight excluding hydrogens is 274 g/mol. The van der Waals surface area contributed by atoms with Crippen LogP contribution in [-0.4, -0.2) is 58.8 Å². The predicted octanol–water partition coefficient (Wildman–Crippen LogP) is 0.666. The number of hydrogen-bond acceptors (Lipinski definition) is 4. The molecule has 6 heteroatoms. The Hall–Kier alpha value is -1.11. The van der Waals surface area contributed by atoms with E-state index in [0.29, 0.717) is 6.54 Å². The van der Waals surface area contributed by atoms with Crippen LogP contribution in [0, 0.1) is 6.92 Å². The molecule has 0 amide bonds. The summed E-state index contributed by atoms with van der Waals surface area (Å²) in [5, 5.41) is 3.27. The summed E-state index contributed by atoms with van der Waals surface area (Å²) in [5.41, 5.74) is 1.73. The zero-order chi connectivity index (χ0) is 14.6. The van der Waals surface area contributed by atoms with E-state index in [2.05, 4.69) is 10.2 Å². The first-order valence-electron chi connectivity index (χ1n) is 6.96. The molecule has 1 aliphatic heterocycles. The number of para-hydroxylation sites is 1. The molecule has 20 heavy (non-hydrogen) atoms. The Morgan fingerprint density at radius 3 is 2.55 bits per heavy atom. The van der Waals surface area contributed by atoms with E-state index in [1.807, 2.05) is 31.2 Å². The predicted molar refractivity (Wildman–Crippen MR) is 82.7 cm³/mol. The molecule has 1 aromatic rings. The van der Waals surface area contributed by atoms with E-state index >= 15 is 0 Å². The maximum Gasteiger partial charge on any atom is 0.236 e. The highest BCUT2D eigenvalue weighted by Crippen LogP contribution is 2.20. The van der Waals surface area contributed by atoms with E-state index in [9.17, 15) is 8.42 Å². The number of piperazine rings is 1. The lowest BCUT2D eigenvalue weighted by molar-refractivity contribution is 0.254. The lowest BCUT2D eigenvalue weighted by Crippen LogP contribution is -2.46. The largest absolute Gasteiger partial charge is 0.314 e. The molecule has 5 nitrogen and oxygen atoms in total. The highest BCUT2D eigenvalue weighted by molar-refractivity contribution is 7.92. The van der Waals surface area contributed by atoms with Crippen LogP contribution in [0.3, 0.4) is 0 Å². The van der Waals surface area contributed by atoms with Crippen LogP contribution in [0.2, 0.25) is 0 Å².